The van der Waals surface area contributed by atoms with Crippen molar-refractivity contribution in [3.63, 3.8) is 0 Å². The van der Waals surface area contributed by atoms with Gasteiger partial charge in [-0.1, -0.05) is 0 Å². The second-order valence-electron chi connectivity index (χ2n) is 4.91. The molecule has 0 aromatic rings. The minimum absolute atomic E-state index is 0.465. The van der Waals surface area contributed by atoms with Crippen molar-refractivity contribution < 1.29 is 4.74 Å². The molecule has 1 heterocycles. The van der Waals surface area contributed by atoms with E-state index in [9.17, 15) is 0 Å². The summed E-state index contributed by atoms with van der Waals surface area (Å²) in [5, 5.41) is 0. The number of hydrogen-bond donors (Lipinski definition) is 0. The average molecular weight is 183 g/mol. The maximum atomic E-state index is 5.96. The Bertz CT molecular complexity index is 167. The van der Waals surface area contributed by atoms with Gasteiger partial charge in [-0.2, -0.15) is 0 Å². The lowest BCUT2D eigenvalue weighted by Gasteiger charge is -2.37. The summed E-state index contributed by atoms with van der Waals surface area (Å²) in [6.45, 7) is 2.21. The van der Waals surface area contributed by atoms with Gasteiger partial charge in [0, 0.05) is 6.04 Å². The second kappa shape index (κ2) is 3.58. The van der Waals surface area contributed by atoms with Crippen molar-refractivity contribution in [1.29, 1.82) is 0 Å². The maximum Gasteiger partial charge on any atom is 0.0621 e. The largest absolute Gasteiger partial charge is 0.375 e. The Hall–Kier alpha value is -0.0800. The topological polar surface area (TPSA) is 12.5 Å². The molecule has 1 aliphatic carbocycles. The van der Waals surface area contributed by atoms with Gasteiger partial charge in [-0.15, -0.1) is 0 Å². The lowest BCUT2D eigenvalue weighted by molar-refractivity contribution is -0.0763. The molecular formula is C11H21NO. The van der Waals surface area contributed by atoms with Crippen molar-refractivity contribution in [2.45, 2.75) is 50.9 Å². The SMILES string of the molecule is CC1CC(N(C)C)CC(C2CC2)O1. The van der Waals surface area contributed by atoms with E-state index < -0.39 is 0 Å². The third-order valence-electron chi connectivity index (χ3n) is 3.39. The molecule has 1 aliphatic heterocycles. The molecule has 2 rings (SSSR count). The van der Waals surface area contributed by atoms with Crippen LogP contribution in [0.4, 0.5) is 0 Å². The first-order valence-corrected chi connectivity index (χ1v) is 5.48. The molecule has 2 aliphatic rings. The van der Waals surface area contributed by atoms with Crippen LogP contribution in [-0.2, 0) is 4.74 Å². The molecular weight excluding hydrogens is 162 g/mol. The average Bonchev–Trinajstić information content (AvgIpc) is 2.85. The summed E-state index contributed by atoms with van der Waals surface area (Å²) >= 11 is 0. The van der Waals surface area contributed by atoms with Crippen LogP contribution in [0.15, 0.2) is 0 Å². The van der Waals surface area contributed by atoms with Crippen molar-refractivity contribution in [1.82, 2.24) is 4.90 Å². The predicted molar refractivity (Wildman–Crippen MR) is 53.8 cm³/mol. The predicted octanol–water partition coefficient (Wildman–Crippen LogP) is 1.89. The summed E-state index contributed by atoms with van der Waals surface area (Å²) in [5.74, 6) is 0.894. The fraction of sp³-hybridized carbons (Fsp3) is 1.00. The summed E-state index contributed by atoms with van der Waals surface area (Å²) in [4.78, 5) is 2.36. The van der Waals surface area contributed by atoms with Crippen molar-refractivity contribution >= 4 is 0 Å². The number of nitrogens with zero attached hydrogens (tertiary/aromatic N) is 1. The number of rotatable bonds is 2. The number of ether oxygens (including phenoxy) is 1. The Labute approximate surface area is 81.3 Å². The fourth-order valence-electron chi connectivity index (χ4n) is 2.35. The molecule has 2 nitrogen and oxygen atoms in total. The van der Waals surface area contributed by atoms with Crippen LogP contribution in [0.1, 0.15) is 32.6 Å². The van der Waals surface area contributed by atoms with Crippen LogP contribution in [0, 0.1) is 5.92 Å². The quantitative estimate of drug-likeness (QED) is 0.648. The normalized spacial score (nSPS) is 41.1. The molecule has 1 saturated heterocycles. The zero-order valence-corrected chi connectivity index (χ0v) is 8.99. The summed E-state index contributed by atoms with van der Waals surface area (Å²) in [6, 6.07) is 0.745. The third-order valence-corrected chi connectivity index (χ3v) is 3.39. The first-order valence-electron chi connectivity index (χ1n) is 5.48. The first kappa shape index (κ1) is 9.47. The van der Waals surface area contributed by atoms with Gasteiger partial charge in [0.25, 0.3) is 0 Å². The van der Waals surface area contributed by atoms with Crippen LogP contribution in [0.2, 0.25) is 0 Å². The summed E-state index contributed by atoms with van der Waals surface area (Å²) in [7, 11) is 4.37. The molecule has 1 saturated carbocycles. The Morgan fingerprint density at radius 1 is 1.15 bits per heavy atom. The minimum Gasteiger partial charge on any atom is -0.375 e. The molecule has 3 atom stereocenters. The molecule has 0 aromatic heterocycles. The van der Waals surface area contributed by atoms with Crippen LogP contribution >= 0.6 is 0 Å². The molecule has 0 aromatic carbocycles. The van der Waals surface area contributed by atoms with Crippen LogP contribution < -0.4 is 0 Å². The molecule has 0 amide bonds. The number of hydrogen-bond acceptors (Lipinski definition) is 2. The van der Waals surface area contributed by atoms with E-state index in [4.69, 9.17) is 4.74 Å². The Morgan fingerprint density at radius 2 is 1.85 bits per heavy atom. The Morgan fingerprint density at radius 3 is 2.38 bits per heavy atom. The molecule has 0 spiro atoms. The van der Waals surface area contributed by atoms with Gasteiger partial charge in [-0.25, -0.2) is 0 Å². The van der Waals surface area contributed by atoms with E-state index in [1.807, 2.05) is 0 Å². The summed E-state index contributed by atoms with van der Waals surface area (Å²) < 4.78 is 5.96. The van der Waals surface area contributed by atoms with Gasteiger partial charge in [-0.05, 0) is 52.6 Å². The highest BCUT2D eigenvalue weighted by Gasteiger charge is 2.38. The summed E-state index contributed by atoms with van der Waals surface area (Å²) in [6.07, 6.45) is 6.29. The molecule has 13 heavy (non-hydrogen) atoms. The first-order chi connectivity index (χ1) is 6.16. The lowest BCUT2D eigenvalue weighted by Crippen LogP contribution is -2.42. The molecule has 76 valence electrons. The van der Waals surface area contributed by atoms with Gasteiger partial charge < -0.3 is 9.64 Å². The van der Waals surface area contributed by atoms with E-state index in [1.54, 1.807) is 0 Å². The highest BCUT2D eigenvalue weighted by Crippen LogP contribution is 2.39. The van der Waals surface area contributed by atoms with E-state index >= 15 is 0 Å². The zero-order valence-electron chi connectivity index (χ0n) is 8.99. The van der Waals surface area contributed by atoms with E-state index in [0.29, 0.717) is 12.2 Å². The van der Waals surface area contributed by atoms with Gasteiger partial charge in [-0.3, -0.25) is 0 Å². The second-order valence-corrected chi connectivity index (χ2v) is 4.91. The standard InChI is InChI=1S/C11H21NO/c1-8-6-10(12(2)3)7-11(13-8)9-4-5-9/h8-11H,4-7H2,1-3H3. The van der Waals surface area contributed by atoms with Gasteiger partial charge in [0.05, 0.1) is 12.2 Å². The summed E-state index contributed by atoms with van der Waals surface area (Å²) in [5.41, 5.74) is 0. The van der Waals surface area contributed by atoms with E-state index in [1.165, 1.54) is 25.7 Å². The van der Waals surface area contributed by atoms with Gasteiger partial charge in [0.2, 0.25) is 0 Å². The fourth-order valence-corrected chi connectivity index (χ4v) is 2.35. The zero-order chi connectivity index (χ0) is 9.42. The van der Waals surface area contributed by atoms with E-state index in [0.717, 1.165) is 12.0 Å². The molecule has 0 radical (unpaired) electrons. The lowest BCUT2D eigenvalue weighted by atomic mass is 9.96. The smallest absolute Gasteiger partial charge is 0.0621 e. The molecule has 2 heteroatoms. The van der Waals surface area contributed by atoms with Gasteiger partial charge >= 0.3 is 0 Å². The Balaban J connectivity index is 1.92. The molecule has 0 bridgehead atoms. The van der Waals surface area contributed by atoms with Crippen LogP contribution in [0.5, 0.6) is 0 Å². The third kappa shape index (κ3) is 2.23. The Kier molecular flexibility index (Phi) is 2.61. The van der Waals surface area contributed by atoms with E-state index in [2.05, 4.69) is 25.9 Å². The van der Waals surface area contributed by atoms with Gasteiger partial charge in [0.15, 0.2) is 0 Å². The van der Waals surface area contributed by atoms with Crippen molar-refractivity contribution in [3.05, 3.63) is 0 Å². The maximum absolute atomic E-state index is 5.96. The van der Waals surface area contributed by atoms with Crippen LogP contribution in [-0.4, -0.2) is 37.2 Å². The highest BCUT2D eigenvalue weighted by molar-refractivity contribution is 4.89. The van der Waals surface area contributed by atoms with E-state index in [-0.39, 0.29) is 0 Å². The monoisotopic (exact) mass is 183 g/mol. The molecule has 0 N–H and O–H groups in total. The molecule has 3 unspecified atom stereocenters. The van der Waals surface area contributed by atoms with Crippen LogP contribution in [0.3, 0.4) is 0 Å². The van der Waals surface area contributed by atoms with Crippen molar-refractivity contribution in [2.24, 2.45) is 5.92 Å². The van der Waals surface area contributed by atoms with Crippen LogP contribution in [0.25, 0.3) is 0 Å². The van der Waals surface area contributed by atoms with Crippen molar-refractivity contribution in [3.8, 4) is 0 Å². The van der Waals surface area contributed by atoms with Gasteiger partial charge in [0.1, 0.15) is 0 Å². The molecule has 2 fully saturated rings. The minimum atomic E-state index is 0.465. The van der Waals surface area contributed by atoms with Crippen molar-refractivity contribution in [2.75, 3.05) is 14.1 Å². The highest BCUT2D eigenvalue weighted by atomic mass is 16.5.